The number of benzene rings is 2. The predicted molar refractivity (Wildman–Crippen MR) is 105 cm³/mol. The Morgan fingerprint density at radius 2 is 1.08 bits per heavy atom. The van der Waals surface area contributed by atoms with Gasteiger partial charge in [-0.3, -0.25) is 0 Å². The van der Waals surface area contributed by atoms with Gasteiger partial charge in [0.2, 0.25) is 0 Å². The van der Waals surface area contributed by atoms with Crippen LogP contribution in [0.2, 0.25) is 30.1 Å². The minimum absolute atomic E-state index is 0.0169. The third kappa shape index (κ3) is 3.85. The highest BCUT2D eigenvalue weighted by Crippen LogP contribution is 2.38. The van der Waals surface area contributed by atoms with Crippen molar-refractivity contribution in [2.75, 3.05) is 0 Å². The normalized spacial score (nSPS) is 11.0. The number of aromatic nitrogens is 1. The van der Waals surface area contributed by atoms with Crippen LogP contribution in [0.3, 0.4) is 0 Å². The molecule has 3 aromatic rings. The molecule has 25 heavy (non-hydrogen) atoms. The van der Waals surface area contributed by atoms with Crippen LogP contribution in [0.15, 0.2) is 36.4 Å². The molecule has 2 aromatic carbocycles. The summed E-state index contributed by atoms with van der Waals surface area (Å²) in [5.41, 5.74) is 1.24. The van der Waals surface area contributed by atoms with Gasteiger partial charge in [0.1, 0.15) is 11.5 Å². The molecule has 0 atom stereocenters. The molecule has 0 amide bonds. The molecule has 0 aliphatic carbocycles. The largest absolute Gasteiger partial charge is 0.245 e. The van der Waals surface area contributed by atoms with E-state index in [1.807, 2.05) is 0 Å². The summed E-state index contributed by atoms with van der Waals surface area (Å²) in [6.07, 6.45) is 0. The molecule has 3 rings (SSSR count). The van der Waals surface area contributed by atoms with Crippen LogP contribution >= 0.6 is 69.6 Å². The Balaban J connectivity index is 2.21. The Kier molecular flexibility index (Phi) is 5.69. The predicted octanol–water partition coefficient (Wildman–Crippen LogP) is 8.48. The molecular weight excluding hydrogens is 450 g/mol. The van der Waals surface area contributed by atoms with Crippen LogP contribution in [0.4, 0.5) is 4.39 Å². The lowest BCUT2D eigenvalue weighted by atomic mass is 10.1. The molecule has 1 heterocycles. The lowest BCUT2D eigenvalue weighted by molar-refractivity contribution is 0.626. The average molecular weight is 456 g/mol. The molecule has 0 radical (unpaired) electrons. The van der Waals surface area contributed by atoms with Gasteiger partial charge in [0, 0.05) is 11.1 Å². The third-order valence-corrected chi connectivity index (χ3v) is 5.47. The van der Waals surface area contributed by atoms with Crippen molar-refractivity contribution in [1.29, 1.82) is 0 Å². The van der Waals surface area contributed by atoms with Crippen LogP contribution in [0.5, 0.6) is 0 Å². The smallest absolute Gasteiger partial charge is 0.149 e. The van der Waals surface area contributed by atoms with Crippen molar-refractivity contribution in [2.24, 2.45) is 0 Å². The van der Waals surface area contributed by atoms with Crippen LogP contribution in [-0.2, 0) is 0 Å². The second-order valence-electron chi connectivity index (χ2n) is 5.02. The molecule has 128 valence electrons. The van der Waals surface area contributed by atoms with E-state index in [0.717, 1.165) is 0 Å². The zero-order valence-electron chi connectivity index (χ0n) is 12.1. The molecule has 8 heteroatoms. The summed E-state index contributed by atoms with van der Waals surface area (Å²) in [6, 6.07) is 8.69. The molecule has 0 saturated heterocycles. The Labute approximate surface area is 173 Å². The lowest BCUT2D eigenvalue weighted by Crippen LogP contribution is -1.94. The van der Waals surface area contributed by atoms with Crippen LogP contribution in [0.25, 0.3) is 22.5 Å². The molecule has 0 aliphatic rings. The van der Waals surface area contributed by atoms with Crippen molar-refractivity contribution in [2.45, 2.75) is 0 Å². The molecule has 1 nitrogen and oxygen atoms in total. The number of pyridine rings is 1. The first-order valence-corrected chi connectivity index (χ1v) is 9.01. The molecule has 0 aliphatic heterocycles. The summed E-state index contributed by atoms with van der Waals surface area (Å²) in [5.74, 6) is -0.569. The molecular formula is C17H6Cl6FN. The monoisotopic (exact) mass is 453 g/mol. The first-order valence-electron chi connectivity index (χ1n) is 6.74. The van der Waals surface area contributed by atoms with E-state index in [1.54, 1.807) is 6.07 Å². The van der Waals surface area contributed by atoms with Crippen molar-refractivity contribution < 1.29 is 4.39 Å². The van der Waals surface area contributed by atoms with Gasteiger partial charge in [0.05, 0.1) is 35.8 Å². The van der Waals surface area contributed by atoms with Crippen LogP contribution in [0.1, 0.15) is 0 Å². The van der Waals surface area contributed by atoms with E-state index < -0.39 is 5.82 Å². The maximum absolute atomic E-state index is 14.3. The highest BCUT2D eigenvalue weighted by atomic mass is 35.5. The Morgan fingerprint density at radius 3 is 1.68 bits per heavy atom. The van der Waals surface area contributed by atoms with Gasteiger partial charge in [-0.15, -0.1) is 0 Å². The second-order valence-corrected chi connectivity index (χ2v) is 7.46. The molecule has 1 aromatic heterocycles. The van der Waals surface area contributed by atoms with Gasteiger partial charge in [-0.25, -0.2) is 9.37 Å². The SMILES string of the molecule is Fc1ccc(-c2cc(Cl)c(Cl)cc2Cl)nc1-c1cc(Cl)c(Cl)cc1Cl. The first-order chi connectivity index (χ1) is 11.8. The third-order valence-electron chi connectivity index (χ3n) is 3.40. The molecule has 0 saturated carbocycles. The van der Waals surface area contributed by atoms with Gasteiger partial charge in [0.25, 0.3) is 0 Å². The van der Waals surface area contributed by atoms with E-state index in [0.29, 0.717) is 31.9 Å². The Bertz CT molecular complexity index is 989. The average Bonchev–Trinajstić information content (AvgIpc) is 2.55. The van der Waals surface area contributed by atoms with Crippen molar-refractivity contribution in [3.8, 4) is 22.5 Å². The number of rotatable bonds is 2. The summed E-state index contributed by atoms with van der Waals surface area (Å²) < 4.78 is 14.3. The zero-order valence-corrected chi connectivity index (χ0v) is 16.6. The maximum atomic E-state index is 14.3. The van der Waals surface area contributed by atoms with Crippen LogP contribution < -0.4 is 0 Å². The van der Waals surface area contributed by atoms with Gasteiger partial charge in [-0.2, -0.15) is 0 Å². The van der Waals surface area contributed by atoms with Gasteiger partial charge in [-0.1, -0.05) is 69.6 Å². The fourth-order valence-electron chi connectivity index (χ4n) is 2.20. The fourth-order valence-corrected chi connectivity index (χ4v) is 3.48. The highest BCUT2D eigenvalue weighted by Gasteiger charge is 2.17. The van der Waals surface area contributed by atoms with E-state index in [1.165, 1.54) is 30.3 Å². The van der Waals surface area contributed by atoms with Gasteiger partial charge >= 0.3 is 0 Å². The number of hydrogen-bond donors (Lipinski definition) is 0. The van der Waals surface area contributed by atoms with Crippen molar-refractivity contribution in [3.63, 3.8) is 0 Å². The Morgan fingerprint density at radius 1 is 0.600 bits per heavy atom. The van der Waals surface area contributed by atoms with E-state index in [9.17, 15) is 4.39 Å². The summed E-state index contributed by atoms with van der Waals surface area (Å²) in [7, 11) is 0. The molecule has 0 spiro atoms. The van der Waals surface area contributed by atoms with Gasteiger partial charge in [0.15, 0.2) is 0 Å². The molecule has 0 N–H and O–H groups in total. The lowest BCUT2D eigenvalue weighted by Gasteiger charge is -2.11. The van der Waals surface area contributed by atoms with E-state index in [2.05, 4.69) is 4.98 Å². The number of halogens is 7. The maximum Gasteiger partial charge on any atom is 0.149 e. The summed E-state index contributed by atoms with van der Waals surface area (Å²) >= 11 is 36.3. The minimum atomic E-state index is -0.569. The standard InChI is InChI=1S/C17H6Cl6FN/c18-9-5-13(22)11(20)3-7(9)16-2-1-15(24)17(25-16)8-4-12(21)14(23)6-10(8)19/h1-6H. The Hall–Kier alpha value is -0.740. The van der Waals surface area contributed by atoms with E-state index >= 15 is 0 Å². The summed E-state index contributed by atoms with van der Waals surface area (Å²) in [6.45, 7) is 0. The summed E-state index contributed by atoms with van der Waals surface area (Å²) in [4.78, 5) is 4.33. The van der Waals surface area contributed by atoms with Crippen molar-refractivity contribution in [1.82, 2.24) is 4.98 Å². The topological polar surface area (TPSA) is 12.9 Å². The number of hydrogen-bond acceptors (Lipinski definition) is 1. The van der Waals surface area contributed by atoms with E-state index in [-0.39, 0.29) is 20.8 Å². The number of nitrogens with zero attached hydrogens (tertiary/aromatic N) is 1. The quantitative estimate of drug-likeness (QED) is 0.353. The van der Waals surface area contributed by atoms with Gasteiger partial charge < -0.3 is 0 Å². The summed E-state index contributed by atoms with van der Waals surface area (Å²) in [5, 5.41) is 1.67. The molecule has 0 unspecified atom stereocenters. The van der Waals surface area contributed by atoms with Crippen molar-refractivity contribution >= 4 is 69.6 Å². The highest BCUT2D eigenvalue weighted by molar-refractivity contribution is 6.44. The minimum Gasteiger partial charge on any atom is -0.245 e. The fraction of sp³-hybridized carbons (Fsp3) is 0. The van der Waals surface area contributed by atoms with Crippen LogP contribution in [0, 0.1) is 5.82 Å². The molecule has 0 fully saturated rings. The second kappa shape index (κ2) is 7.48. The molecule has 0 bridgehead atoms. The first kappa shape index (κ1) is 19.0. The zero-order chi connectivity index (χ0) is 18.3. The van der Waals surface area contributed by atoms with Crippen molar-refractivity contribution in [3.05, 3.63) is 72.4 Å². The van der Waals surface area contributed by atoms with E-state index in [4.69, 9.17) is 69.6 Å². The van der Waals surface area contributed by atoms with Gasteiger partial charge in [-0.05, 0) is 36.4 Å². The van der Waals surface area contributed by atoms with Crippen LogP contribution in [-0.4, -0.2) is 4.98 Å².